The number of alkyl halides is 2. The van der Waals surface area contributed by atoms with Crippen LogP contribution in [0.15, 0.2) is 30.3 Å². The van der Waals surface area contributed by atoms with Crippen molar-refractivity contribution in [2.75, 3.05) is 14.2 Å². The zero-order chi connectivity index (χ0) is 18.7. The predicted molar refractivity (Wildman–Crippen MR) is 94.9 cm³/mol. The fraction of sp³-hybridized carbons (Fsp3) is 0.400. The van der Waals surface area contributed by atoms with Crippen LogP contribution in [0.5, 0.6) is 17.2 Å². The number of hydrogen-bond acceptors (Lipinski definition) is 4. The molecule has 3 rings (SSSR count). The average molecular weight is 363 g/mol. The Bertz CT molecular complexity index is 780. The predicted octanol–water partition coefficient (Wildman–Crippen LogP) is 4.12. The van der Waals surface area contributed by atoms with E-state index >= 15 is 0 Å². The summed E-state index contributed by atoms with van der Waals surface area (Å²) in [6, 6.07) is 8.89. The van der Waals surface area contributed by atoms with Gasteiger partial charge in [-0.15, -0.1) is 0 Å². The molecule has 1 N–H and O–H groups in total. The maximum atomic E-state index is 12.4. The summed E-state index contributed by atoms with van der Waals surface area (Å²) in [6.07, 6.45) is 3.24. The molecule has 2 aromatic carbocycles. The molecule has 26 heavy (non-hydrogen) atoms. The van der Waals surface area contributed by atoms with Crippen molar-refractivity contribution in [1.29, 1.82) is 0 Å². The number of fused-ring (bicyclic) bond motifs is 1. The zero-order valence-electron chi connectivity index (χ0n) is 15.0. The molecule has 4 nitrogen and oxygen atoms in total. The SMILES string of the molecule is COc1cc(CN(C)Cc2cc3c(cc2O)CCC3)ccc1OC(F)F. The fourth-order valence-electron chi connectivity index (χ4n) is 3.45. The molecule has 0 radical (unpaired) electrons. The Morgan fingerprint density at radius 3 is 2.50 bits per heavy atom. The Hall–Kier alpha value is -2.34. The summed E-state index contributed by atoms with van der Waals surface area (Å²) in [5, 5.41) is 10.3. The average Bonchev–Trinajstić information content (AvgIpc) is 3.03. The van der Waals surface area contributed by atoms with Gasteiger partial charge >= 0.3 is 6.61 Å². The lowest BCUT2D eigenvalue weighted by Crippen LogP contribution is -2.17. The van der Waals surface area contributed by atoms with E-state index in [1.165, 1.54) is 24.3 Å². The second-order valence-corrected chi connectivity index (χ2v) is 6.64. The van der Waals surface area contributed by atoms with Crippen molar-refractivity contribution < 1.29 is 23.4 Å². The molecule has 0 aliphatic heterocycles. The largest absolute Gasteiger partial charge is 0.508 e. The smallest absolute Gasteiger partial charge is 0.387 e. The standard InChI is InChI=1S/C20H23F2NO3/c1-23(12-16-9-14-4-3-5-15(14)10-17(16)24)11-13-6-7-18(26-20(21)22)19(8-13)25-2/h6-10,20,24H,3-5,11-12H2,1-2H3. The van der Waals surface area contributed by atoms with Gasteiger partial charge in [0.15, 0.2) is 11.5 Å². The lowest BCUT2D eigenvalue weighted by molar-refractivity contribution is -0.0512. The molecule has 0 bridgehead atoms. The van der Waals surface area contributed by atoms with Crippen molar-refractivity contribution in [3.8, 4) is 17.2 Å². The first-order valence-corrected chi connectivity index (χ1v) is 8.60. The number of ether oxygens (including phenoxy) is 2. The van der Waals surface area contributed by atoms with Crippen molar-refractivity contribution in [2.24, 2.45) is 0 Å². The summed E-state index contributed by atoms with van der Waals surface area (Å²) in [5.74, 6) is 0.623. The van der Waals surface area contributed by atoms with E-state index in [2.05, 4.69) is 15.7 Å². The maximum absolute atomic E-state index is 12.4. The van der Waals surface area contributed by atoms with Gasteiger partial charge in [0.2, 0.25) is 0 Å². The number of aromatic hydroxyl groups is 1. The molecule has 0 atom stereocenters. The molecule has 0 unspecified atom stereocenters. The first-order chi connectivity index (χ1) is 12.5. The van der Waals surface area contributed by atoms with Crippen LogP contribution < -0.4 is 9.47 Å². The van der Waals surface area contributed by atoms with Crippen LogP contribution in [-0.4, -0.2) is 30.8 Å². The summed E-state index contributed by atoms with van der Waals surface area (Å²) in [5.41, 5.74) is 4.37. The van der Waals surface area contributed by atoms with Crippen LogP contribution in [0.3, 0.4) is 0 Å². The van der Waals surface area contributed by atoms with Crippen molar-refractivity contribution in [1.82, 2.24) is 4.90 Å². The van der Waals surface area contributed by atoms with Gasteiger partial charge in [0.25, 0.3) is 0 Å². The third-order valence-corrected chi connectivity index (χ3v) is 4.63. The maximum Gasteiger partial charge on any atom is 0.387 e. The second-order valence-electron chi connectivity index (χ2n) is 6.64. The van der Waals surface area contributed by atoms with Gasteiger partial charge in [-0.1, -0.05) is 12.1 Å². The monoisotopic (exact) mass is 363 g/mol. The van der Waals surface area contributed by atoms with E-state index in [0.29, 0.717) is 18.8 Å². The Morgan fingerprint density at radius 1 is 1.08 bits per heavy atom. The number of aryl methyl sites for hydroxylation is 2. The normalized spacial score (nSPS) is 13.3. The van der Waals surface area contributed by atoms with Gasteiger partial charge in [-0.2, -0.15) is 8.78 Å². The van der Waals surface area contributed by atoms with E-state index < -0.39 is 6.61 Å². The van der Waals surface area contributed by atoms with Crippen LogP contribution in [0.1, 0.15) is 28.7 Å². The van der Waals surface area contributed by atoms with Crippen LogP contribution >= 0.6 is 0 Å². The Balaban J connectivity index is 1.69. The minimum atomic E-state index is -2.89. The van der Waals surface area contributed by atoms with Gasteiger partial charge in [0, 0.05) is 18.7 Å². The van der Waals surface area contributed by atoms with Crippen LogP contribution in [-0.2, 0) is 25.9 Å². The Labute approximate surface area is 152 Å². The van der Waals surface area contributed by atoms with Crippen LogP contribution in [0.25, 0.3) is 0 Å². The fourth-order valence-corrected chi connectivity index (χ4v) is 3.45. The second kappa shape index (κ2) is 7.91. The molecule has 1 aliphatic rings. The molecule has 0 amide bonds. The number of phenols is 1. The first kappa shape index (κ1) is 18.5. The molecule has 0 heterocycles. The highest BCUT2D eigenvalue weighted by atomic mass is 19.3. The summed E-state index contributed by atoms with van der Waals surface area (Å²) in [7, 11) is 3.37. The van der Waals surface area contributed by atoms with Crippen LogP contribution in [0, 0.1) is 0 Å². The molecule has 0 spiro atoms. The van der Waals surface area contributed by atoms with E-state index in [4.69, 9.17) is 4.74 Å². The molecule has 0 aromatic heterocycles. The number of rotatable bonds is 7. The van der Waals surface area contributed by atoms with Crippen molar-refractivity contribution in [3.63, 3.8) is 0 Å². The topological polar surface area (TPSA) is 41.9 Å². The van der Waals surface area contributed by atoms with Gasteiger partial charge in [0.1, 0.15) is 5.75 Å². The van der Waals surface area contributed by atoms with Gasteiger partial charge in [-0.05, 0) is 61.2 Å². The number of halogens is 2. The van der Waals surface area contributed by atoms with E-state index in [1.54, 1.807) is 12.1 Å². The molecular formula is C20H23F2NO3. The minimum Gasteiger partial charge on any atom is -0.508 e. The zero-order valence-corrected chi connectivity index (χ0v) is 15.0. The van der Waals surface area contributed by atoms with Crippen LogP contribution in [0.4, 0.5) is 8.78 Å². The highest BCUT2D eigenvalue weighted by Crippen LogP contribution is 2.31. The van der Waals surface area contributed by atoms with Gasteiger partial charge < -0.3 is 14.6 Å². The highest BCUT2D eigenvalue weighted by molar-refractivity contribution is 5.45. The van der Waals surface area contributed by atoms with Gasteiger partial charge in [0.05, 0.1) is 7.11 Å². The number of phenolic OH excluding ortho intramolecular Hbond substituents is 1. The Kier molecular flexibility index (Phi) is 5.61. The molecule has 1 aliphatic carbocycles. The first-order valence-electron chi connectivity index (χ1n) is 8.60. The Morgan fingerprint density at radius 2 is 1.81 bits per heavy atom. The molecule has 0 saturated heterocycles. The molecular weight excluding hydrogens is 340 g/mol. The summed E-state index contributed by atoms with van der Waals surface area (Å²) in [6.45, 7) is -1.71. The summed E-state index contributed by atoms with van der Waals surface area (Å²) in [4.78, 5) is 2.05. The molecule has 0 fully saturated rings. The third-order valence-electron chi connectivity index (χ3n) is 4.63. The van der Waals surface area contributed by atoms with Crippen molar-refractivity contribution in [2.45, 2.75) is 39.0 Å². The number of nitrogens with zero attached hydrogens (tertiary/aromatic N) is 1. The minimum absolute atomic E-state index is 0.0187. The summed E-state index contributed by atoms with van der Waals surface area (Å²) < 4.78 is 34.4. The lowest BCUT2D eigenvalue weighted by atomic mass is 10.0. The highest BCUT2D eigenvalue weighted by Gasteiger charge is 2.16. The van der Waals surface area contributed by atoms with Gasteiger partial charge in [-0.3, -0.25) is 4.90 Å². The number of hydrogen-bond donors (Lipinski definition) is 1. The molecule has 6 heteroatoms. The molecule has 140 valence electrons. The quantitative estimate of drug-likeness (QED) is 0.803. The van der Waals surface area contributed by atoms with E-state index in [9.17, 15) is 13.9 Å². The number of benzene rings is 2. The van der Waals surface area contributed by atoms with Gasteiger partial charge in [-0.25, -0.2) is 0 Å². The van der Waals surface area contributed by atoms with Crippen molar-refractivity contribution >= 4 is 0 Å². The van der Waals surface area contributed by atoms with E-state index in [1.807, 2.05) is 13.1 Å². The van der Waals surface area contributed by atoms with E-state index in [-0.39, 0.29) is 11.5 Å². The van der Waals surface area contributed by atoms with Crippen molar-refractivity contribution in [3.05, 3.63) is 52.6 Å². The molecule has 2 aromatic rings. The molecule has 0 saturated carbocycles. The number of methoxy groups -OCH3 is 1. The van der Waals surface area contributed by atoms with E-state index in [0.717, 1.165) is 30.4 Å². The third kappa shape index (κ3) is 4.25. The van der Waals surface area contributed by atoms with Crippen LogP contribution in [0.2, 0.25) is 0 Å². The summed E-state index contributed by atoms with van der Waals surface area (Å²) >= 11 is 0. The lowest BCUT2D eigenvalue weighted by Gasteiger charge is -2.19.